The Bertz CT molecular complexity index is 122. The monoisotopic (exact) mass is 331 g/mol. The van der Waals surface area contributed by atoms with Crippen LogP contribution in [0.5, 0.6) is 0 Å². The molecule has 0 bridgehead atoms. The Hall–Kier alpha value is -0.101. The smallest absolute Gasteiger partial charge is 0.719 e. The van der Waals surface area contributed by atoms with Crippen molar-refractivity contribution in [2.24, 2.45) is 11.5 Å². The first kappa shape index (κ1) is 30.2. The van der Waals surface area contributed by atoms with Gasteiger partial charge in [-0.1, -0.05) is 53.4 Å². The van der Waals surface area contributed by atoms with Gasteiger partial charge in [0.1, 0.15) is 0 Å². The van der Waals surface area contributed by atoms with Gasteiger partial charge in [0.25, 0.3) is 0 Å². The van der Waals surface area contributed by atoms with Gasteiger partial charge in [0.05, 0.1) is 10.5 Å². The van der Waals surface area contributed by atoms with Gasteiger partial charge in [0.15, 0.2) is 0 Å². The summed E-state index contributed by atoms with van der Waals surface area (Å²) in [4.78, 5) is 18.1. The van der Waals surface area contributed by atoms with Crippen LogP contribution in [0.2, 0.25) is 0 Å². The van der Waals surface area contributed by atoms with E-state index in [0.717, 1.165) is 0 Å². The maximum absolute atomic E-state index is 9.04. The summed E-state index contributed by atoms with van der Waals surface area (Å²) in [6, 6.07) is 0. The van der Waals surface area contributed by atoms with Crippen LogP contribution in [0, 0.1) is 0 Å². The number of primary amides is 2. The van der Waals surface area contributed by atoms with E-state index in [4.69, 9.17) is 9.59 Å². The molecule has 0 aromatic carbocycles. The molecule has 0 rings (SSSR count). The van der Waals surface area contributed by atoms with E-state index in [0.29, 0.717) is 0 Å². The van der Waals surface area contributed by atoms with Crippen molar-refractivity contribution in [3.63, 3.8) is 0 Å². The predicted octanol–water partition coefficient (Wildman–Crippen LogP) is 2.83. The fourth-order valence-corrected chi connectivity index (χ4v) is 0. The molecule has 0 unspecified atom stereocenters. The van der Waals surface area contributed by atoms with Crippen LogP contribution in [0.4, 0.5) is 9.59 Å². The minimum atomic E-state index is -0.750. The fraction of sp³-hybridized carbons (Fsp3) is 0.800. The molecule has 0 spiro atoms. The average molecular weight is 332 g/mol. The van der Waals surface area contributed by atoms with E-state index in [9.17, 15) is 0 Å². The summed E-state index contributed by atoms with van der Waals surface area (Å²) >= 11 is 7.52. The van der Waals surface area contributed by atoms with Crippen molar-refractivity contribution in [2.75, 3.05) is 0 Å². The molecule has 0 saturated heterocycles. The number of carbonyl (C=O) groups is 2. The van der Waals surface area contributed by atoms with E-state index < -0.39 is 10.5 Å². The third-order valence-corrected chi connectivity index (χ3v) is 1.000. The zero-order valence-corrected chi connectivity index (χ0v) is 13.5. The third-order valence-electron chi connectivity index (χ3n) is 1.000. The van der Waals surface area contributed by atoms with Gasteiger partial charge >= 0.3 is 17.1 Å². The Kier molecular flexibility index (Phi) is 63.9. The van der Waals surface area contributed by atoms with Crippen LogP contribution in [0.25, 0.3) is 0 Å². The van der Waals surface area contributed by atoms with Crippen molar-refractivity contribution in [2.45, 2.75) is 53.4 Å². The summed E-state index contributed by atoms with van der Waals surface area (Å²) < 4.78 is 0. The van der Waals surface area contributed by atoms with Gasteiger partial charge in [-0.15, -0.1) is 0 Å². The molecule has 0 saturated carbocycles. The summed E-state index contributed by atoms with van der Waals surface area (Å²) in [5, 5.41) is -1.50. The van der Waals surface area contributed by atoms with Crippen LogP contribution in [-0.2, 0) is 42.3 Å². The van der Waals surface area contributed by atoms with Crippen molar-refractivity contribution in [1.29, 1.82) is 0 Å². The van der Waals surface area contributed by atoms with Crippen LogP contribution in [-0.4, -0.2) is 10.5 Å². The number of amides is 2. The zero-order valence-electron chi connectivity index (χ0n) is 10.9. The molecule has 0 aromatic rings. The predicted molar refractivity (Wildman–Crippen MR) is 75.1 cm³/mol. The second-order valence-electron chi connectivity index (χ2n) is 2.64. The molecule has 0 aliphatic rings. The van der Waals surface area contributed by atoms with E-state index >= 15 is 0 Å². The van der Waals surface area contributed by atoms with Gasteiger partial charge in [0, 0.05) is 0 Å². The topological polar surface area (TPSA) is 86.2 Å². The van der Waals surface area contributed by atoms with Crippen molar-refractivity contribution < 1.29 is 26.7 Å². The summed E-state index contributed by atoms with van der Waals surface area (Å²) in [6.07, 6.45) is 5.28. The SMILES string of the molecule is CCCC.CCCC.NC(=O)[S-].NC(=O)[S-].[Cu+2]. The van der Waals surface area contributed by atoms with Gasteiger partial charge in [-0.2, -0.15) is 0 Å². The Balaban J connectivity index is -0.0000000369. The summed E-state index contributed by atoms with van der Waals surface area (Å²) in [5.74, 6) is 0. The average Bonchev–Trinajstić information content (AvgIpc) is 2.16. The van der Waals surface area contributed by atoms with Crippen LogP contribution in [0.1, 0.15) is 53.4 Å². The molecule has 17 heavy (non-hydrogen) atoms. The standard InChI is InChI=1S/2C4H10.2CH3NOS.Cu/c2*1-3-4-2;2*2-1(3)4;/h2*3-4H2,1-2H3;2*(H3,2,3,4);/q;;;;+2/p-2. The molecule has 4 nitrogen and oxygen atoms in total. The second-order valence-corrected chi connectivity index (χ2v) is 3.44. The quantitative estimate of drug-likeness (QED) is 0.601. The number of rotatable bonds is 2. The van der Waals surface area contributed by atoms with Crippen molar-refractivity contribution in [3.8, 4) is 0 Å². The van der Waals surface area contributed by atoms with Crippen molar-refractivity contribution >= 4 is 35.7 Å². The molecule has 0 heterocycles. The van der Waals surface area contributed by atoms with Gasteiger partial charge in [0.2, 0.25) is 0 Å². The molecular formula is C10H24CuN2O2S2. The molecule has 0 aliphatic heterocycles. The largest absolute Gasteiger partial charge is 2.00 e. The third kappa shape index (κ3) is 851. The molecular weight excluding hydrogens is 308 g/mol. The Morgan fingerprint density at radius 3 is 0.824 bits per heavy atom. The van der Waals surface area contributed by atoms with E-state index in [1.165, 1.54) is 25.7 Å². The summed E-state index contributed by atoms with van der Waals surface area (Å²) in [6.45, 7) is 8.72. The Morgan fingerprint density at radius 2 is 0.824 bits per heavy atom. The Morgan fingerprint density at radius 1 is 0.765 bits per heavy atom. The molecule has 0 atom stereocenters. The molecule has 2 amide bonds. The number of hydrogen-bond donors (Lipinski definition) is 2. The maximum atomic E-state index is 9.04. The Labute approximate surface area is 127 Å². The second kappa shape index (κ2) is 36.0. The van der Waals surface area contributed by atoms with Gasteiger partial charge in [-0.3, -0.25) is 0 Å². The molecule has 4 N–H and O–H groups in total. The van der Waals surface area contributed by atoms with Crippen molar-refractivity contribution in [1.82, 2.24) is 0 Å². The normalized spacial score (nSPS) is 6.35. The number of nitrogens with two attached hydrogens (primary N) is 2. The summed E-state index contributed by atoms with van der Waals surface area (Å²) in [7, 11) is 0. The molecule has 0 aliphatic carbocycles. The van der Waals surface area contributed by atoms with Crippen LogP contribution in [0.3, 0.4) is 0 Å². The van der Waals surface area contributed by atoms with Gasteiger partial charge < -0.3 is 46.3 Å². The first-order valence-corrected chi connectivity index (χ1v) is 6.04. The van der Waals surface area contributed by atoms with E-state index in [-0.39, 0.29) is 17.1 Å². The minimum Gasteiger partial charge on any atom is -0.719 e. The minimum absolute atomic E-state index is 0. The molecule has 0 fully saturated rings. The number of hydrogen-bond acceptors (Lipinski definition) is 4. The summed E-state index contributed by atoms with van der Waals surface area (Å²) in [5.41, 5.74) is 8.57. The fourth-order valence-electron chi connectivity index (χ4n) is 0. The van der Waals surface area contributed by atoms with E-state index in [1.54, 1.807) is 0 Å². The molecule has 7 heteroatoms. The number of unbranched alkanes of at least 4 members (excludes halogenated alkanes) is 2. The van der Waals surface area contributed by atoms with Crippen LogP contribution < -0.4 is 11.5 Å². The van der Waals surface area contributed by atoms with E-state index in [2.05, 4.69) is 64.4 Å². The first-order chi connectivity index (χ1) is 7.29. The van der Waals surface area contributed by atoms with Crippen LogP contribution in [0.15, 0.2) is 0 Å². The molecule has 0 aromatic heterocycles. The maximum Gasteiger partial charge on any atom is 2.00 e. The molecule has 1 radical (unpaired) electrons. The zero-order chi connectivity index (χ0) is 14.0. The molecule has 109 valence electrons. The van der Waals surface area contributed by atoms with Gasteiger partial charge in [-0.25, -0.2) is 0 Å². The first-order valence-electron chi connectivity index (χ1n) is 5.22. The number of carbonyl (C=O) groups excluding carboxylic acids is 2. The van der Waals surface area contributed by atoms with Gasteiger partial charge in [-0.05, 0) is 0 Å². The van der Waals surface area contributed by atoms with Crippen molar-refractivity contribution in [3.05, 3.63) is 0 Å². The van der Waals surface area contributed by atoms with E-state index in [1.807, 2.05) is 0 Å². The van der Waals surface area contributed by atoms with Crippen LogP contribution >= 0.6 is 0 Å².